The van der Waals surface area contributed by atoms with Gasteiger partial charge in [0.25, 0.3) is 0 Å². The van der Waals surface area contributed by atoms with E-state index in [1.165, 1.54) is 25.4 Å². The van der Waals surface area contributed by atoms with Crippen molar-refractivity contribution in [2.75, 3.05) is 26.7 Å². The van der Waals surface area contributed by atoms with Crippen LogP contribution in [0.3, 0.4) is 0 Å². The van der Waals surface area contributed by atoms with Crippen molar-refractivity contribution in [1.29, 1.82) is 0 Å². The molecule has 2 amide bonds. The summed E-state index contributed by atoms with van der Waals surface area (Å²) < 4.78 is 4.72. The van der Waals surface area contributed by atoms with Crippen LogP contribution in [0.15, 0.2) is 17.5 Å². The molecule has 0 aliphatic heterocycles. The van der Waals surface area contributed by atoms with Gasteiger partial charge in [-0.15, -0.1) is 11.3 Å². The summed E-state index contributed by atoms with van der Waals surface area (Å²) in [5.41, 5.74) is 0. The number of esters is 1. The van der Waals surface area contributed by atoms with Crippen molar-refractivity contribution in [3.63, 3.8) is 0 Å². The van der Waals surface area contributed by atoms with E-state index in [0.29, 0.717) is 32.5 Å². The normalized spacial score (nSPS) is 11.6. The van der Waals surface area contributed by atoms with Crippen molar-refractivity contribution >= 4 is 29.1 Å². The van der Waals surface area contributed by atoms with Crippen LogP contribution >= 0.6 is 11.3 Å². The molecule has 23 heavy (non-hydrogen) atoms. The van der Waals surface area contributed by atoms with E-state index in [0.717, 1.165) is 4.88 Å². The summed E-state index contributed by atoms with van der Waals surface area (Å²) in [6.45, 7) is 4.51. The average Bonchev–Trinajstić information content (AvgIpc) is 3.01. The first-order valence-corrected chi connectivity index (χ1v) is 8.44. The molecule has 0 saturated heterocycles. The van der Waals surface area contributed by atoms with Crippen LogP contribution in [0, 0.1) is 5.92 Å². The standard InChI is InChI=1S/C16H24N2O4S/c1-12(16(21)22-3)11-18(8-5-7-17-13(2)19)15(20)10-14-6-4-9-23-14/h4,6,9,12H,5,7-8,10-11H2,1-3H3,(H,17,19). The summed E-state index contributed by atoms with van der Waals surface area (Å²) in [5, 5.41) is 4.64. The number of nitrogens with one attached hydrogen (secondary N) is 1. The molecule has 0 radical (unpaired) electrons. The maximum Gasteiger partial charge on any atom is 0.310 e. The lowest BCUT2D eigenvalue weighted by Gasteiger charge is -2.25. The van der Waals surface area contributed by atoms with Crippen LogP contribution in [0.1, 0.15) is 25.1 Å². The summed E-state index contributed by atoms with van der Waals surface area (Å²) >= 11 is 1.53. The number of nitrogens with zero attached hydrogens (tertiary/aromatic N) is 1. The molecule has 128 valence electrons. The van der Waals surface area contributed by atoms with Gasteiger partial charge in [-0.2, -0.15) is 0 Å². The second-order valence-corrected chi connectivity index (χ2v) is 6.39. The Morgan fingerprint density at radius 2 is 2.13 bits per heavy atom. The topological polar surface area (TPSA) is 75.7 Å². The highest BCUT2D eigenvalue weighted by Gasteiger charge is 2.21. The summed E-state index contributed by atoms with van der Waals surface area (Å²) in [6.07, 6.45) is 0.968. The first kappa shape index (κ1) is 19.2. The molecule has 1 rings (SSSR count). The third kappa shape index (κ3) is 7.27. The summed E-state index contributed by atoms with van der Waals surface area (Å²) in [4.78, 5) is 37.6. The molecule has 0 fully saturated rings. The summed E-state index contributed by atoms with van der Waals surface area (Å²) in [7, 11) is 1.34. The number of carbonyl (C=O) groups is 3. The van der Waals surface area contributed by atoms with Crippen LogP contribution in [-0.4, -0.2) is 49.4 Å². The van der Waals surface area contributed by atoms with Crippen molar-refractivity contribution in [3.8, 4) is 0 Å². The third-order valence-corrected chi connectivity index (χ3v) is 4.21. The van der Waals surface area contributed by atoms with Crippen LogP contribution in [0.4, 0.5) is 0 Å². The van der Waals surface area contributed by atoms with Crippen molar-refractivity contribution in [1.82, 2.24) is 10.2 Å². The first-order valence-electron chi connectivity index (χ1n) is 7.56. The Hall–Kier alpha value is -1.89. The Bertz CT molecular complexity index is 516. The van der Waals surface area contributed by atoms with Gasteiger partial charge in [0.15, 0.2) is 0 Å². The molecule has 7 heteroatoms. The van der Waals surface area contributed by atoms with Gasteiger partial charge < -0.3 is 15.0 Å². The van der Waals surface area contributed by atoms with Gasteiger partial charge in [-0.05, 0) is 17.9 Å². The molecule has 0 aliphatic carbocycles. The van der Waals surface area contributed by atoms with Gasteiger partial charge in [0.1, 0.15) is 0 Å². The predicted octanol–water partition coefficient (Wildman–Crippen LogP) is 1.45. The maximum absolute atomic E-state index is 12.5. The highest BCUT2D eigenvalue weighted by atomic mass is 32.1. The zero-order valence-electron chi connectivity index (χ0n) is 13.8. The monoisotopic (exact) mass is 340 g/mol. The molecule has 0 spiro atoms. The zero-order chi connectivity index (χ0) is 17.2. The zero-order valence-corrected chi connectivity index (χ0v) is 14.6. The number of amides is 2. The minimum absolute atomic E-state index is 0.0222. The van der Waals surface area contributed by atoms with Gasteiger partial charge >= 0.3 is 5.97 Å². The Kier molecular flexibility index (Phi) is 8.32. The molecular formula is C16H24N2O4S. The lowest BCUT2D eigenvalue weighted by Crippen LogP contribution is -2.39. The van der Waals surface area contributed by atoms with Gasteiger partial charge in [0, 0.05) is 31.4 Å². The molecule has 0 aliphatic rings. The quantitative estimate of drug-likeness (QED) is 0.545. The van der Waals surface area contributed by atoms with E-state index in [1.807, 2.05) is 17.5 Å². The maximum atomic E-state index is 12.5. The molecule has 1 heterocycles. The molecule has 1 N–H and O–H groups in total. The molecule has 1 unspecified atom stereocenters. The second-order valence-electron chi connectivity index (χ2n) is 5.36. The molecule has 0 saturated carbocycles. The van der Waals surface area contributed by atoms with E-state index >= 15 is 0 Å². The van der Waals surface area contributed by atoms with E-state index in [9.17, 15) is 14.4 Å². The lowest BCUT2D eigenvalue weighted by atomic mass is 10.1. The Labute approximate surface area is 140 Å². The number of hydrogen-bond donors (Lipinski definition) is 1. The van der Waals surface area contributed by atoms with Crippen LogP contribution in [0.5, 0.6) is 0 Å². The minimum Gasteiger partial charge on any atom is -0.469 e. The fourth-order valence-corrected chi connectivity index (χ4v) is 2.83. The molecule has 6 nitrogen and oxygen atoms in total. The van der Waals surface area contributed by atoms with E-state index in [2.05, 4.69) is 5.32 Å². The summed E-state index contributed by atoms with van der Waals surface area (Å²) in [6, 6.07) is 3.83. The van der Waals surface area contributed by atoms with Crippen LogP contribution < -0.4 is 5.32 Å². The number of carbonyl (C=O) groups excluding carboxylic acids is 3. The van der Waals surface area contributed by atoms with Crippen molar-refractivity contribution in [3.05, 3.63) is 22.4 Å². The predicted molar refractivity (Wildman–Crippen MR) is 89.1 cm³/mol. The van der Waals surface area contributed by atoms with Gasteiger partial charge in [-0.1, -0.05) is 13.0 Å². The Morgan fingerprint density at radius 3 is 2.70 bits per heavy atom. The first-order chi connectivity index (χ1) is 10.9. The van der Waals surface area contributed by atoms with Gasteiger partial charge in [-0.3, -0.25) is 14.4 Å². The smallest absolute Gasteiger partial charge is 0.310 e. The highest BCUT2D eigenvalue weighted by molar-refractivity contribution is 7.10. The van der Waals surface area contributed by atoms with Crippen LogP contribution in [0.2, 0.25) is 0 Å². The number of methoxy groups -OCH3 is 1. The largest absolute Gasteiger partial charge is 0.469 e. The SMILES string of the molecule is COC(=O)C(C)CN(CCCNC(C)=O)C(=O)Cc1cccs1. The average molecular weight is 340 g/mol. The van der Waals surface area contributed by atoms with Crippen LogP contribution in [-0.2, 0) is 25.5 Å². The van der Waals surface area contributed by atoms with Crippen molar-refractivity contribution in [2.45, 2.75) is 26.7 Å². The molecule has 1 aromatic heterocycles. The fourth-order valence-electron chi connectivity index (χ4n) is 2.13. The van der Waals surface area contributed by atoms with E-state index in [4.69, 9.17) is 4.74 Å². The Morgan fingerprint density at radius 1 is 1.39 bits per heavy atom. The molecule has 1 atom stereocenters. The van der Waals surface area contributed by atoms with Crippen molar-refractivity contribution in [2.24, 2.45) is 5.92 Å². The van der Waals surface area contributed by atoms with Gasteiger partial charge in [0.05, 0.1) is 19.4 Å². The van der Waals surface area contributed by atoms with Crippen LogP contribution in [0.25, 0.3) is 0 Å². The number of thiophene rings is 1. The molecule has 0 bridgehead atoms. The molecular weight excluding hydrogens is 316 g/mol. The highest BCUT2D eigenvalue weighted by Crippen LogP contribution is 2.12. The van der Waals surface area contributed by atoms with E-state index in [1.54, 1.807) is 11.8 Å². The molecule has 1 aromatic rings. The third-order valence-electron chi connectivity index (χ3n) is 3.33. The van der Waals surface area contributed by atoms with Crippen molar-refractivity contribution < 1.29 is 19.1 Å². The lowest BCUT2D eigenvalue weighted by molar-refractivity contribution is -0.146. The molecule has 0 aromatic carbocycles. The number of rotatable bonds is 9. The van der Waals surface area contributed by atoms with E-state index in [-0.39, 0.29) is 23.7 Å². The second kappa shape index (κ2) is 9.99. The fraction of sp³-hybridized carbons (Fsp3) is 0.562. The number of ether oxygens (including phenoxy) is 1. The van der Waals surface area contributed by atoms with E-state index < -0.39 is 0 Å². The van der Waals surface area contributed by atoms with Gasteiger partial charge in [-0.25, -0.2) is 0 Å². The minimum atomic E-state index is -0.381. The summed E-state index contributed by atoms with van der Waals surface area (Å²) in [5.74, 6) is -0.829. The Balaban J connectivity index is 2.60. The van der Waals surface area contributed by atoms with Gasteiger partial charge in [0.2, 0.25) is 11.8 Å². The number of hydrogen-bond acceptors (Lipinski definition) is 5.